The third-order valence-corrected chi connectivity index (χ3v) is 6.36. The van der Waals surface area contributed by atoms with E-state index in [0.29, 0.717) is 5.75 Å². The van der Waals surface area contributed by atoms with Gasteiger partial charge in [-0.25, -0.2) is 0 Å². The van der Waals surface area contributed by atoms with Gasteiger partial charge in [-0.1, -0.05) is 48.5 Å². The molecule has 1 aliphatic heterocycles. The lowest BCUT2D eigenvalue weighted by atomic mass is 10.1. The molecule has 2 aromatic carbocycles. The van der Waals surface area contributed by atoms with Crippen LogP contribution in [-0.4, -0.2) is 24.1 Å². The third-order valence-electron chi connectivity index (χ3n) is 4.38. The summed E-state index contributed by atoms with van der Waals surface area (Å²) in [6.07, 6.45) is 0. The number of amides is 2. The maximum atomic E-state index is 12.8. The summed E-state index contributed by atoms with van der Waals surface area (Å²) in [5.74, 6) is 0.144. The van der Waals surface area contributed by atoms with E-state index in [1.165, 1.54) is 11.8 Å². The fourth-order valence-corrected chi connectivity index (χ4v) is 4.84. The Morgan fingerprint density at radius 3 is 2.59 bits per heavy atom. The van der Waals surface area contributed by atoms with Gasteiger partial charge in [-0.3, -0.25) is 9.59 Å². The minimum Gasteiger partial charge on any atom is -0.343 e. The Bertz CT molecular complexity index is 942. The number of carbonyl (C=O) groups is 2. The van der Waals surface area contributed by atoms with Crippen molar-refractivity contribution in [2.24, 2.45) is 0 Å². The van der Waals surface area contributed by atoms with Crippen LogP contribution in [0.4, 0.5) is 5.69 Å². The standard InChI is InChI=1S/C21H18N2O2S2/c24-19(13-23-16-9-4-5-10-17(16)27-14-20(23)25)22-21(18-11-6-12-26-18)15-7-2-1-3-8-15/h1-12,21H,13-14H2,(H,22,24). The van der Waals surface area contributed by atoms with Gasteiger partial charge in [-0.2, -0.15) is 0 Å². The average molecular weight is 395 g/mol. The van der Waals surface area contributed by atoms with Crippen LogP contribution in [0.25, 0.3) is 0 Å². The molecule has 0 fully saturated rings. The second kappa shape index (κ2) is 7.98. The molecular formula is C21H18N2O2S2. The van der Waals surface area contributed by atoms with Gasteiger partial charge in [0.25, 0.3) is 0 Å². The van der Waals surface area contributed by atoms with E-state index in [1.807, 2.05) is 72.1 Å². The normalized spacial score (nSPS) is 14.5. The van der Waals surface area contributed by atoms with Gasteiger partial charge in [0.15, 0.2) is 0 Å². The van der Waals surface area contributed by atoms with E-state index in [-0.39, 0.29) is 24.4 Å². The molecule has 0 saturated carbocycles. The SMILES string of the molecule is O=C(CN1C(=O)CSc2ccccc21)NC(c1ccccc1)c1cccs1. The first-order valence-corrected chi connectivity index (χ1v) is 10.5. The van der Waals surface area contributed by atoms with Crippen LogP contribution in [0.5, 0.6) is 0 Å². The molecule has 2 heterocycles. The molecule has 0 bridgehead atoms. The Morgan fingerprint density at radius 2 is 1.81 bits per heavy atom. The van der Waals surface area contributed by atoms with Gasteiger partial charge >= 0.3 is 0 Å². The van der Waals surface area contributed by atoms with Gasteiger partial charge in [0.1, 0.15) is 6.54 Å². The summed E-state index contributed by atoms with van der Waals surface area (Å²) in [6.45, 7) is 0.0190. The second-order valence-electron chi connectivity index (χ2n) is 6.16. The first kappa shape index (κ1) is 17.8. The molecule has 4 rings (SSSR count). The molecule has 0 saturated heterocycles. The van der Waals surface area contributed by atoms with Crippen molar-refractivity contribution < 1.29 is 9.59 Å². The highest BCUT2D eigenvalue weighted by Gasteiger charge is 2.27. The highest BCUT2D eigenvalue weighted by molar-refractivity contribution is 8.00. The summed E-state index contributed by atoms with van der Waals surface area (Å²) in [5.41, 5.74) is 1.83. The topological polar surface area (TPSA) is 49.4 Å². The fraction of sp³-hybridized carbons (Fsp3) is 0.143. The molecule has 0 aliphatic carbocycles. The molecule has 27 heavy (non-hydrogen) atoms. The number of rotatable bonds is 5. The number of hydrogen-bond donors (Lipinski definition) is 1. The van der Waals surface area contributed by atoms with Crippen molar-refractivity contribution in [1.82, 2.24) is 5.32 Å². The summed E-state index contributed by atoms with van der Waals surface area (Å²) in [6, 6.07) is 21.4. The molecule has 1 aromatic heterocycles. The number of thiophene rings is 1. The molecule has 1 N–H and O–H groups in total. The molecule has 4 nitrogen and oxygen atoms in total. The third kappa shape index (κ3) is 3.91. The van der Waals surface area contributed by atoms with Crippen molar-refractivity contribution in [1.29, 1.82) is 0 Å². The predicted molar refractivity (Wildman–Crippen MR) is 110 cm³/mol. The fourth-order valence-electron chi connectivity index (χ4n) is 3.10. The number of benzene rings is 2. The minimum atomic E-state index is -0.219. The Morgan fingerprint density at radius 1 is 1.04 bits per heavy atom. The lowest BCUT2D eigenvalue weighted by molar-refractivity contribution is -0.123. The van der Waals surface area contributed by atoms with E-state index in [4.69, 9.17) is 0 Å². The summed E-state index contributed by atoms with van der Waals surface area (Å²) in [5, 5.41) is 5.10. The molecule has 1 atom stereocenters. The van der Waals surface area contributed by atoms with Crippen LogP contribution in [0.15, 0.2) is 77.0 Å². The maximum absolute atomic E-state index is 12.8. The van der Waals surface area contributed by atoms with Crippen molar-refractivity contribution in [2.75, 3.05) is 17.2 Å². The van der Waals surface area contributed by atoms with Crippen molar-refractivity contribution in [3.63, 3.8) is 0 Å². The highest BCUT2D eigenvalue weighted by atomic mass is 32.2. The summed E-state index contributed by atoms with van der Waals surface area (Å²) in [7, 11) is 0. The van der Waals surface area contributed by atoms with Crippen LogP contribution in [0.2, 0.25) is 0 Å². The molecular weight excluding hydrogens is 376 g/mol. The number of nitrogens with one attached hydrogen (secondary N) is 1. The van der Waals surface area contributed by atoms with E-state index in [1.54, 1.807) is 16.2 Å². The summed E-state index contributed by atoms with van der Waals surface area (Å²) < 4.78 is 0. The van der Waals surface area contributed by atoms with Crippen molar-refractivity contribution in [3.8, 4) is 0 Å². The number of hydrogen-bond acceptors (Lipinski definition) is 4. The summed E-state index contributed by atoms with van der Waals surface area (Å²) >= 11 is 3.12. The number of para-hydroxylation sites is 1. The van der Waals surface area contributed by atoms with E-state index >= 15 is 0 Å². The number of fused-ring (bicyclic) bond motifs is 1. The van der Waals surface area contributed by atoms with Gasteiger partial charge in [0, 0.05) is 9.77 Å². The van der Waals surface area contributed by atoms with E-state index in [0.717, 1.165) is 21.0 Å². The first-order valence-electron chi connectivity index (χ1n) is 8.62. The van der Waals surface area contributed by atoms with Crippen LogP contribution in [0.3, 0.4) is 0 Å². The van der Waals surface area contributed by atoms with Gasteiger partial charge in [0.2, 0.25) is 11.8 Å². The molecule has 6 heteroatoms. The molecule has 3 aromatic rings. The van der Waals surface area contributed by atoms with Gasteiger partial charge in [0.05, 0.1) is 17.5 Å². The van der Waals surface area contributed by atoms with Crippen LogP contribution in [-0.2, 0) is 9.59 Å². The van der Waals surface area contributed by atoms with Crippen LogP contribution >= 0.6 is 23.1 Å². The van der Waals surface area contributed by atoms with Gasteiger partial charge < -0.3 is 10.2 Å². The van der Waals surface area contributed by atoms with Crippen molar-refractivity contribution in [3.05, 3.63) is 82.6 Å². The molecule has 0 radical (unpaired) electrons. The molecule has 1 aliphatic rings. The molecule has 0 spiro atoms. The minimum absolute atomic E-state index is 0.0190. The monoisotopic (exact) mass is 394 g/mol. The zero-order valence-electron chi connectivity index (χ0n) is 14.5. The number of nitrogens with zero attached hydrogens (tertiary/aromatic N) is 1. The lowest BCUT2D eigenvalue weighted by Crippen LogP contribution is -2.44. The number of carbonyl (C=O) groups excluding carboxylic acids is 2. The first-order chi connectivity index (χ1) is 13.2. The summed E-state index contributed by atoms with van der Waals surface area (Å²) in [4.78, 5) is 28.9. The largest absolute Gasteiger partial charge is 0.343 e. The second-order valence-corrected chi connectivity index (χ2v) is 8.16. The highest BCUT2D eigenvalue weighted by Crippen LogP contribution is 2.34. The molecule has 1 unspecified atom stereocenters. The quantitative estimate of drug-likeness (QED) is 0.709. The molecule has 2 amide bonds. The lowest BCUT2D eigenvalue weighted by Gasteiger charge is -2.29. The molecule has 136 valence electrons. The van der Waals surface area contributed by atoms with Crippen LogP contribution in [0.1, 0.15) is 16.5 Å². The predicted octanol–water partition coefficient (Wildman–Crippen LogP) is 4.09. The smallest absolute Gasteiger partial charge is 0.240 e. The Balaban J connectivity index is 1.55. The van der Waals surface area contributed by atoms with E-state index in [9.17, 15) is 9.59 Å². The zero-order valence-corrected chi connectivity index (χ0v) is 16.1. The Kier molecular flexibility index (Phi) is 5.27. The van der Waals surface area contributed by atoms with Gasteiger partial charge in [-0.05, 0) is 29.1 Å². The average Bonchev–Trinajstić information content (AvgIpc) is 3.23. The number of thioether (sulfide) groups is 1. The number of anilines is 1. The maximum Gasteiger partial charge on any atom is 0.240 e. The zero-order chi connectivity index (χ0) is 18.6. The van der Waals surface area contributed by atoms with Crippen LogP contribution < -0.4 is 10.2 Å². The van der Waals surface area contributed by atoms with E-state index in [2.05, 4.69) is 5.32 Å². The van der Waals surface area contributed by atoms with E-state index < -0.39 is 0 Å². The Hall–Kier alpha value is -2.57. The van der Waals surface area contributed by atoms with Crippen molar-refractivity contribution in [2.45, 2.75) is 10.9 Å². The van der Waals surface area contributed by atoms with Gasteiger partial charge in [-0.15, -0.1) is 23.1 Å². The Labute approximate surface area is 166 Å². The van der Waals surface area contributed by atoms with Crippen LogP contribution in [0, 0.1) is 0 Å². The van der Waals surface area contributed by atoms with Crippen molar-refractivity contribution >= 4 is 40.6 Å².